The summed E-state index contributed by atoms with van der Waals surface area (Å²) in [6.45, 7) is 6.09. The lowest BCUT2D eigenvalue weighted by Gasteiger charge is -2.28. The van der Waals surface area contributed by atoms with Crippen LogP contribution in [0.2, 0.25) is 5.02 Å². The van der Waals surface area contributed by atoms with Crippen LogP contribution in [0.1, 0.15) is 33.6 Å². The van der Waals surface area contributed by atoms with E-state index in [4.69, 9.17) is 21.1 Å². The van der Waals surface area contributed by atoms with Gasteiger partial charge in [-0.1, -0.05) is 11.6 Å². The molecule has 4 aromatic rings. The molecule has 1 N–H and O–H groups in total. The molecule has 4 heterocycles. The maximum absolute atomic E-state index is 15.4. The van der Waals surface area contributed by atoms with Crippen LogP contribution >= 0.6 is 11.6 Å². The maximum Gasteiger partial charge on any atom is 0.410 e. The van der Waals surface area contributed by atoms with Gasteiger partial charge in [0.25, 0.3) is 0 Å². The number of nitrogens with zero attached hydrogens (tertiary/aromatic N) is 3. The number of hydrogen-bond donors (Lipinski definition) is 1. The predicted octanol–water partition coefficient (Wildman–Crippen LogP) is 7.00. The Morgan fingerprint density at radius 1 is 1.18 bits per heavy atom. The van der Waals surface area contributed by atoms with Gasteiger partial charge in [-0.05, 0) is 63.9 Å². The molecule has 1 aromatic carbocycles. The molecule has 0 bridgehead atoms. The lowest BCUT2D eigenvalue weighted by Crippen LogP contribution is -2.42. The average Bonchev–Trinajstić information content (AvgIpc) is 3.48. The predicted molar refractivity (Wildman–Crippen MR) is 141 cm³/mol. The van der Waals surface area contributed by atoms with E-state index < -0.39 is 23.3 Å². The van der Waals surface area contributed by atoms with Crippen molar-refractivity contribution < 1.29 is 23.0 Å². The van der Waals surface area contributed by atoms with Crippen molar-refractivity contribution in [1.29, 1.82) is 0 Å². The molecular formula is C28H27ClF2N4O3. The van der Waals surface area contributed by atoms with Gasteiger partial charge in [0.2, 0.25) is 0 Å². The molecule has 0 unspecified atom stereocenters. The molecule has 0 saturated carbocycles. The number of hydrogen-bond acceptors (Lipinski definition) is 5. The van der Waals surface area contributed by atoms with Crippen LogP contribution in [0.5, 0.6) is 5.75 Å². The van der Waals surface area contributed by atoms with Crippen LogP contribution in [0.3, 0.4) is 0 Å². The summed E-state index contributed by atoms with van der Waals surface area (Å²) in [6.07, 6.45) is 5.16. The van der Waals surface area contributed by atoms with Gasteiger partial charge in [-0.2, -0.15) is 0 Å². The summed E-state index contributed by atoms with van der Waals surface area (Å²) in [4.78, 5) is 25.9. The van der Waals surface area contributed by atoms with Gasteiger partial charge in [0.05, 0.1) is 40.7 Å². The van der Waals surface area contributed by atoms with Crippen LogP contribution in [-0.4, -0.2) is 50.7 Å². The van der Waals surface area contributed by atoms with Gasteiger partial charge in [0.1, 0.15) is 23.8 Å². The molecular weight excluding hydrogens is 514 g/mol. The van der Waals surface area contributed by atoms with Crippen molar-refractivity contribution in [2.45, 2.75) is 45.3 Å². The molecule has 3 aromatic heterocycles. The minimum atomic E-state index is -0.659. The van der Waals surface area contributed by atoms with Crippen LogP contribution in [0.25, 0.3) is 33.4 Å². The molecule has 1 atom stereocenters. The summed E-state index contributed by atoms with van der Waals surface area (Å²) in [5.74, 6) is -1.04. The molecule has 1 amide bonds. The van der Waals surface area contributed by atoms with Gasteiger partial charge < -0.3 is 19.4 Å². The van der Waals surface area contributed by atoms with E-state index in [9.17, 15) is 4.79 Å². The Morgan fingerprint density at radius 2 is 2.00 bits per heavy atom. The molecule has 38 heavy (non-hydrogen) atoms. The molecule has 1 aliphatic heterocycles. The van der Waals surface area contributed by atoms with Crippen molar-refractivity contribution in [2.24, 2.45) is 0 Å². The third-order valence-electron chi connectivity index (χ3n) is 6.30. The van der Waals surface area contributed by atoms with E-state index in [1.807, 2.05) is 20.8 Å². The van der Waals surface area contributed by atoms with E-state index in [1.54, 1.807) is 23.2 Å². The van der Waals surface area contributed by atoms with Crippen LogP contribution in [0.4, 0.5) is 13.6 Å². The fourth-order valence-corrected chi connectivity index (χ4v) is 4.86. The highest BCUT2D eigenvalue weighted by Crippen LogP contribution is 2.43. The summed E-state index contributed by atoms with van der Waals surface area (Å²) in [5, 5.41) is 0.327. The van der Waals surface area contributed by atoms with E-state index in [-0.39, 0.29) is 35.2 Å². The first-order chi connectivity index (χ1) is 18.1. The van der Waals surface area contributed by atoms with E-state index in [1.165, 1.54) is 24.4 Å². The van der Waals surface area contributed by atoms with Gasteiger partial charge in [-0.15, -0.1) is 0 Å². The number of carbonyl (C=O) groups is 1. The summed E-state index contributed by atoms with van der Waals surface area (Å²) in [6, 6.07) is 7.43. The first-order valence-corrected chi connectivity index (χ1v) is 12.7. The van der Waals surface area contributed by atoms with Crippen molar-refractivity contribution in [1.82, 2.24) is 19.9 Å². The molecule has 5 rings (SSSR count). The molecule has 1 aliphatic rings. The smallest absolute Gasteiger partial charge is 0.410 e. The number of likely N-dealkylation sites (tertiary alicyclic amines) is 1. The van der Waals surface area contributed by atoms with Crippen LogP contribution in [0, 0.1) is 11.6 Å². The molecule has 7 nitrogen and oxygen atoms in total. The largest absolute Gasteiger partial charge is 0.489 e. The summed E-state index contributed by atoms with van der Waals surface area (Å²) in [5.41, 5.74) is 1.31. The van der Waals surface area contributed by atoms with Gasteiger partial charge >= 0.3 is 6.09 Å². The second-order valence-corrected chi connectivity index (χ2v) is 10.6. The Kier molecular flexibility index (Phi) is 6.96. The monoisotopic (exact) mass is 540 g/mol. The second-order valence-electron chi connectivity index (χ2n) is 10.2. The van der Waals surface area contributed by atoms with Crippen molar-refractivity contribution >= 4 is 28.7 Å². The molecule has 0 spiro atoms. The molecule has 10 heteroatoms. The number of H-pyrrole nitrogens is 1. The minimum Gasteiger partial charge on any atom is -0.489 e. The third kappa shape index (κ3) is 5.15. The lowest BCUT2D eigenvalue weighted by atomic mass is 9.99. The lowest BCUT2D eigenvalue weighted by molar-refractivity contribution is 0.0187. The molecule has 1 saturated heterocycles. The number of ether oxygens (including phenoxy) is 2. The minimum absolute atomic E-state index is 0.0780. The topological polar surface area (TPSA) is 80.3 Å². The number of aromatic nitrogens is 3. The number of rotatable bonds is 5. The zero-order valence-corrected chi connectivity index (χ0v) is 22.0. The Bertz CT molecular complexity index is 1500. The number of aromatic amines is 1. The maximum atomic E-state index is 15.4. The number of halogens is 3. The van der Waals surface area contributed by atoms with Crippen molar-refractivity contribution in [2.75, 3.05) is 13.2 Å². The number of amides is 1. The fraction of sp³-hybridized carbons (Fsp3) is 0.321. The van der Waals surface area contributed by atoms with Crippen molar-refractivity contribution in [3.05, 3.63) is 65.6 Å². The summed E-state index contributed by atoms with van der Waals surface area (Å²) < 4.78 is 42.1. The van der Waals surface area contributed by atoms with E-state index in [0.717, 1.165) is 12.6 Å². The number of benzene rings is 1. The van der Waals surface area contributed by atoms with Gasteiger partial charge in [-0.25, -0.2) is 13.6 Å². The molecule has 0 radical (unpaired) electrons. The Balaban J connectivity index is 1.54. The Hall–Kier alpha value is -3.72. The third-order valence-corrected chi connectivity index (χ3v) is 6.54. The van der Waals surface area contributed by atoms with E-state index >= 15 is 8.78 Å². The number of fused-ring (bicyclic) bond motifs is 1. The highest BCUT2D eigenvalue weighted by molar-refractivity contribution is 6.31. The standard InChI is InChI=1S/C28H27ClF2N4O3/c1-28(2,3)38-27(36)35-11-5-6-17(35)15-37-22-14-32-13-20(31)24(22)26-23(18-12-16(29)8-9-19(18)30)25-21(34-26)7-4-10-33-25/h4,7-10,12-14,17,34H,5-6,11,15H2,1-3H3/t17-/m0/s1. The SMILES string of the molecule is CC(C)(C)OC(=O)N1CCC[C@H]1COc1cncc(F)c1-c1[nH]c2cccnc2c1-c1cc(Cl)ccc1F. The van der Waals surface area contributed by atoms with Crippen LogP contribution < -0.4 is 4.74 Å². The van der Waals surface area contributed by atoms with Crippen molar-refractivity contribution in [3.8, 4) is 28.1 Å². The van der Waals surface area contributed by atoms with E-state index in [0.29, 0.717) is 34.6 Å². The highest BCUT2D eigenvalue weighted by atomic mass is 35.5. The Labute approximate surface area is 223 Å². The zero-order valence-electron chi connectivity index (χ0n) is 21.2. The Morgan fingerprint density at radius 3 is 2.79 bits per heavy atom. The van der Waals surface area contributed by atoms with Gasteiger partial charge in [0.15, 0.2) is 5.82 Å². The second kappa shape index (κ2) is 10.2. The molecule has 198 valence electrons. The first kappa shape index (κ1) is 25.9. The average molecular weight is 541 g/mol. The van der Waals surface area contributed by atoms with Gasteiger partial charge in [0, 0.05) is 28.9 Å². The first-order valence-electron chi connectivity index (χ1n) is 12.3. The number of nitrogens with one attached hydrogen (secondary N) is 1. The summed E-state index contributed by atoms with van der Waals surface area (Å²) >= 11 is 6.20. The van der Waals surface area contributed by atoms with E-state index in [2.05, 4.69) is 15.0 Å². The normalized spacial score (nSPS) is 15.7. The van der Waals surface area contributed by atoms with Crippen LogP contribution in [-0.2, 0) is 4.74 Å². The fourth-order valence-electron chi connectivity index (χ4n) is 4.68. The number of carbonyl (C=O) groups excluding carboxylic acids is 1. The summed E-state index contributed by atoms with van der Waals surface area (Å²) in [7, 11) is 0. The van der Waals surface area contributed by atoms with Crippen LogP contribution in [0.15, 0.2) is 48.9 Å². The highest BCUT2D eigenvalue weighted by Gasteiger charge is 2.33. The quantitative estimate of drug-likeness (QED) is 0.295. The van der Waals surface area contributed by atoms with Crippen molar-refractivity contribution in [3.63, 3.8) is 0 Å². The number of pyridine rings is 2. The molecule has 1 fully saturated rings. The zero-order chi connectivity index (χ0) is 27.0. The molecule has 0 aliphatic carbocycles. The van der Waals surface area contributed by atoms with Gasteiger partial charge in [-0.3, -0.25) is 9.97 Å².